The van der Waals surface area contributed by atoms with Crippen molar-refractivity contribution in [3.63, 3.8) is 0 Å². The lowest BCUT2D eigenvalue weighted by molar-refractivity contribution is 1.06. The quantitative estimate of drug-likeness (QED) is 0.751. The maximum atomic E-state index is 3.92. The molecular weight excluding hydrogens is 295 g/mol. The lowest BCUT2D eigenvalue weighted by atomic mass is 10.5. The number of hydrogen-bond donors (Lipinski definition) is 0. The van der Waals surface area contributed by atoms with Crippen LogP contribution in [0.25, 0.3) is 10.7 Å². The van der Waals surface area contributed by atoms with Gasteiger partial charge in [0.15, 0.2) is 8.02 Å². The Morgan fingerprint density at radius 1 is 1.27 bits per heavy atom. The zero-order valence-corrected chi connectivity index (χ0v) is 8.85. The fraction of sp³-hybridized carbons (Fsp3) is 0. The average Bonchev–Trinajstić information content (AvgIpc) is 2.55. The summed E-state index contributed by atoms with van der Waals surface area (Å²) in [5.74, 6) is 0. The van der Waals surface area contributed by atoms with Crippen molar-refractivity contribution in [2.45, 2.75) is 0 Å². The molecule has 4 nitrogen and oxygen atoms in total. The molecular formula is C4HIN4S2. The van der Waals surface area contributed by atoms with Crippen molar-refractivity contribution in [3.05, 3.63) is 8.39 Å². The van der Waals surface area contributed by atoms with Gasteiger partial charge in [-0.1, -0.05) is 15.8 Å². The fourth-order valence-corrected chi connectivity index (χ4v) is 2.34. The van der Waals surface area contributed by atoms with Gasteiger partial charge in [-0.25, -0.2) is 0 Å². The molecule has 7 heteroatoms. The van der Waals surface area contributed by atoms with E-state index in [0.717, 1.165) is 13.7 Å². The van der Waals surface area contributed by atoms with E-state index in [-0.39, 0.29) is 0 Å². The fourth-order valence-electron chi connectivity index (χ4n) is 0.567. The van der Waals surface area contributed by atoms with Crippen LogP contribution in [0.4, 0.5) is 0 Å². The van der Waals surface area contributed by atoms with Crippen LogP contribution in [0.2, 0.25) is 0 Å². The first-order chi connectivity index (χ1) is 5.36. The first-order valence-electron chi connectivity index (χ1n) is 2.63. The van der Waals surface area contributed by atoms with E-state index < -0.39 is 0 Å². The highest BCUT2D eigenvalue weighted by molar-refractivity contribution is 14.1. The molecule has 0 aliphatic heterocycles. The van der Waals surface area contributed by atoms with Gasteiger partial charge in [0.25, 0.3) is 0 Å². The average molecular weight is 296 g/mol. The first kappa shape index (κ1) is 7.50. The molecule has 0 amide bonds. The van der Waals surface area contributed by atoms with Gasteiger partial charge < -0.3 is 0 Å². The van der Waals surface area contributed by atoms with E-state index in [1.165, 1.54) is 22.9 Å². The van der Waals surface area contributed by atoms with Gasteiger partial charge >= 0.3 is 0 Å². The SMILES string of the molecule is Ic1nnc(-c2csnn2)s1. The van der Waals surface area contributed by atoms with Gasteiger partial charge in [-0.3, -0.25) is 0 Å². The summed E-state index contributed by atoms with van der Waals surface area (Å²) in [5.41, 5.74) is 0.815. The van der Waals surface area contributed by atoms with E-state index >= 15 is 0 Å². The number of hydrogen-bond acceptors (Lipinski definition) is 6. The largest absolute Gasteiger partial charge is 0.178 e. The summed E-state index contributed by atoms with van der Waals surface area (Å²) in [6.07, 6.45) is 0. The molecule has 2 aromatic rings. The van der Waals surface area contributed by atoms with Crippen molar-refractivity contribution in [2.24, 2.45) is 0 Å². The molecule has 0 N–H and O–H groups in total. The van der Waals surface area contributed by atoms with Gasteiger partial charge in [0.05, 0.1) is 0 Å². The van der Waals surface area contributed by atoms with Crippen LogP contribution in [0.5, 0.6) is 0 Å². The molecule has 0 aliphatic rings. The molecule has 2 heterocycles. The Labute approximate surface area is 84.0 Å². The summed E-state index contributed by atoms with van der Waals surface area (Å²) in [5, 5.41) is 14.4. The summed E-state index contributed by atoms with van der Waals surface area (Å²) in [6.45, 7) is 0. The van der Waals surface area contributed by atoms with E-state index in [0.29, 0.717) is 0 Å². The van der Waals surface area contributed by atoms with Crippen molar-refractivity contribution in [1.82, 2.24) is 19.8 Å². The minimum atomic E-state index is 0.815. The molecule has 0 aromatic carbocycles. The van der Waals surface area contributed by atoms with Crippen LogP contribution in [0, 0.1) is 3.01 Å². The molecule has 0 aliphatic carbocycles. The highest BCUT2D eigenvalue weighted by atomic mass is 127. The third-order valence-corrected chi connectivity index (χ3v) is 3.09. The molecule has 2 aromatic heterocycles. The van der Waals surface area contributed by atoms with E-state index in [4.69, 9.17) is 0 Å². The van der Waals surface area contributed by atoms with Crippen molar-refractivity contribution in [1.29, 1.82) is 0 Å². The Kier molecular flexibility index (Phi) is 2.09. The molecule has 0 spiro atoms. The van der Waals surface area contributed by atoms with Crippen molar-refractivity contribution < 1.29 is 0 Å². The van der Waals surface area contributed by atoms with Crippen molar-refractivity contribution >= 4 is 45.5 Å². The van der Waals surface area contributed by atoms with Crippen LogP contribution in [0.15, 0.2) is 5.38 Å². The lowest BCUT2D eigenvalue weighted by Gasteiger charge is -1.78. The molecule has 0 atom stereocenters. The Balaban J connectivity index is 2.45. The zero-order chi connectivity index (χ0) is 7.68. The topological polar surface area (TPSA) is 51.6 Å². The van der Waals surface area contributed by atoms with Gasteiger partial charge in [-0.2, -0.15) is 0 Å². The van der Waals surface area contributed by atoms with Crippen LogP contribution in [0.3, 0.4) is 0 Å². The maximum absolute atomic E-state index is 3.92. The number of aromatic nitrogens is 4. The van der Waals surface area contributed by atoms with Crippen LogP contribution in [0.1, 0.15) is 0 Å². The van der Waals surface area contributed by atoms with E-state index in [1.807, 2.05) is 5.38 Å². The highest BCUT2D eigenvalue weighted by Crippen LogP contribution is 2.22. The van der Waals surface area contributed by atoms with Gasteiger partial charge in [0.1, 0.15) is 5.69 Å². The normalized spacial score (nSPS) is 10.3. The second-order valence-corrected chi connectivity index (χ2v) is 4.99. The zero-order valence-electron chi connectivity index (χ0n) is 5.06. The summed E-state index contributed by atoms with van der Waals surface area (Å²) >= 11 is 4.96. The number of rotatable bonds is 1. The van der Waals surface area contributed by atoms with Gasteiger partial charge in [-0.15, -0.1) is 15.3 Å². The van der Waals surface area contributed by atoms with E-state index in [1.54, 1.807) is 0 Å². The smallest absolute Gasteiger partial charge is 0.136 e. The summed E-state index contributed by atoms with van der Waals surface area (Å²) in [6, 6.07) is 0. The predicted octanol–water partition coefficient (Wildman–Crippen LogP) is 1.66. The number of halogens is 1. The molecule has 11 heavy (non-hydrogen) atoms. The molecule has 0 fully saturated rings. The minimum absolute atomic E-state index is 0.815. The molecule has 0 saturated carbocycles. The van der Waals surface area contributed by atoms with E-state index in [9.17, 15) is 0 Å². The third-order valence-electron chi connectivity index (χ3n) is 0.979. The van der Waals surface area contributed by atoms with Gasteiger partial charge in [-0.05, 0) is 34.1 Å². The first-order valence-corrected chi connectivity index (χ1v) is 5.36. The number of nitrogens with zero attached hydrogens (tertiary/aromatic N) is 4. The molecule has 2 rings (SSSR count). The Bertz CT molecular complexity index is 343. The Morgan fingerprint density at radius 3 is 2.73 bits per heavy atom. The van der Waals surface area contributed by atoms with Crippen LogP contribution in [-0.2, 0) is 0 Å². The second kappa shape index (κ2) is 3.07. The van der Waals surface area contributed by atoms with Gasteiger partial charge in [0.2, 0.25) is 0 Å². The maximum Gasteiger partial charge on any atom is 0.178 e. The Morgan fingerprint density at radius 2 is 2.18 bits per heavy atom. The monoisotopic (exact) mass is 296 g/mol. The van der Waals surface area contributed by atoms with Crippen LogP contribution in [-0.4, -0.2) is 19.8 Å². The van der Waals surface area contributed by atoms with Crippen LogP contribution >= 0.6 is 45.5 Å². The minimum Gasteiger partial charge on any atom is -0.136 e. The molecule has 0 radical (unpaired) electrons. The third kappa shape index (κ3) is 1.54. The summed E-state index contributed by atoms with van der Waals surface area (Å²) in [7, 11) is 0. The van der Waals surface area contributed by atoms with E-state index in [2.05, 4.69) is 42.4 Å². The predicted molar refractivity (Wildman–Crippen MR) is 51.5 cm³/mol. The summed E-state index contributed by atoms with van der Waals surface area (Å²) in [4.78, 5) is 0. The second-order valence-electron chi connectivity index (χ2n) is 1.65. The van der Waals surface area contributed by atoms with Crippen molar-refractivity contribution in [2.75, 3.05) is 0 Å². The molecule has 56 valence electrons. The highest BCUT2D eigenvalue weighted by Gasteiger charge is 2.06. The van der Waals surface area contributed by atoms with Gasteiger partial charge in [0, 0.05) is 5.38 Å². The lowest BCUT2D eigenvalue weighted by Crippen LogP contribution is -1.75. The molecule has 0 saturated heterocycles. The van der Waals surface area contributed by atoms with Crippen molar-refractivity contribution in [3.8, 4) is 10.7 Å². The molecule has 0 bridgehead atoms. The molecule has 0 unspecified atom stereocenters. The van der Waals surface area contributed by atoms with Crippen LogP contribution < -0.4 is 0 Å². The standard InChI is InChI=1S/C4HIN4S2/c5-4-8-7-3(11-4)2-1-10-9-6-2/h1H. The Hall–Kier alpha value is -0.150. The summed E-state index contributed by atoms with van der Waals surface area (Å²) < 4.78 is 4.66.